The number of ether oxygens (including phenoxy) is 1. The van der Waals surface area contributed by atoms with Crippen molar-refractivity contribution in [3.8, 4) is 11.4 Å². The number of nitrogens with zero attached hydrogens (tertiary/aromatic N) is 2. The van der Waals surface area contributed by atoms with Gasteiger partial charge in [0.2, 0.25) is 0 Å². The van der Waals surface area contributed by atoms with E-state index in [9.17, 15) is 0 Å². The van der Waals surface area contributed by atoms with Crippen LogP contribution in [-0.4, -0.2) is 21.9 Å². The quantitative estimate of drug-likeness (QED) is 0.790. The highest BCUT2D eigenvalue weighted by atomic mass is 32.1. The molecule has 0 atom stereocenters. The molecule has 0 fully saturated rings. The molecule has 0 aliphatic carbocycles. The third-order valence-electron chi connectivity index (χ3n) is 2.25. The highest BCUT2D eigenvalue weighted by molar-refractivity contribution is 7.71. The highest BCUT2D eigenvalue weighted by Gasteiger charge is 2.10. The largest absolute Gasteiger partial charge is 0.495 e. The predicted octanol–water partition coefficient (Wildman–Crippen LogP) is 1.40. The normalized spacial score (nSPS) is 10.4. The molecule has 0 saturated carbocycles. The number of hydrogen-bond acceptors (Lipinski definition) is 4. The Bertz CT molecular complexity index is 546. The van der Waals surface area contributed by atoms with Gasteiger partial charge in [0.1, 0.15) is 11.6 Å². The maximum Gasteiger partial charge on any atom is 0.200 e. The molecule has 0 bridgehead atoms. The van der Waals surface area contributed by atoms with E-state index in [4.69, 9.17) is 22.7 Å². The molecule has 1 heterocycles. The molecule has 5 nitrogen and oxygen atoms in total. The number of benzene rings is 1. The zero-order chi connectivity index (χ0) is 11.5. The van der Waals surface area contributed by atoms with E-state index in [2.05, 4.69) is 10.2 Å². The summed E-state index contributed by atoms with van der Waals surface area (Å²) in [6.07, 6.45) is 0. The maximum absolute atomic E-state index is 5.60. The Hall–Kier alpha value is -1.66. The average molecular weight is 236 g/mol. The number of nitrogens with two attached hydrogens (primary N) is 1. The average Bonchev–Trinajstić information content (AvgIpc) is 2.70. The Morgan fingerprint density at radius 3 is 2.94 bits per heavy atom. The van der Waals surface area contributed by atoms with E-state index in [0.29, 0.717) is 17.1 Å². The minimum atomic E-state index is 0.311. The zero-order valence-electron chi connectivity index (χ0n) is 8.80. The first-order chi connectivity index (χ1) is 7.77. The molecule has 0 radical (unpaired) electrons. The molecule has 16 heavy (non-hydrogen) atoms. The van der Waals surface area contributed by atoms with Gasteiger partial charge in [-0.2, -0.15) is 5.10 Å². The van der Waals surface area contributed by atoms with Crippen molar-refractivity contribution in [2.75, 3.05) is 7.11 Å². The smallest absolute Gasteiger partial charge is 0.200 e. The summed E-state index contributed by atoms with van der Waals surface area (Å²) in [7, 11) is 1.62. The first-order valence-electron chi connectivity index (χ1n) is 4.77. The molecule has 2 rings (SSSR count). The summed E-state index contributed by atoms with van der Waals surface area (Å²) in [4.78, 5) is 0. The lowest BCUT2D eigenvalue weighted by molar-refractivity contribution is 0.412. The fourth-order valence-electron chi connectivity index (χ4n) is 1.53. The van der Waals surface area contributed by atoms with Crippen LogP contribution in [0.1, 0.15) is 5.82 Å². The summed E-state index contributed by atoms with van der Waals surface area (Å²) in [5.41, 5.74) is 6.44. The fraction of sp³-hybridized carbons (Fsp3) is 0.200. The lowest BCUT2D eigenvalue weighted by Gasteiger charge is -2.10. The molecular formula is C10H12N4OS. The molecule has 1 aromatic heterocycles. The van der Waals surface area contributed by atoms with Crippen molar-refractivity contribution < 1.29 is 4.74 Å². The van der Waals surface area contributed by atoms with Crippen LogP contribution in [0.4, 0.5) is 0 Å². The van der Waals surface area contributed by atoms with Gasteiger partial charge >= 0.3 is 0 Å². The van der Waals surface area contributed by atoms with Gasteiger partial charge in [0.05, 0.1) is 19.3 Å². The topological polar surface area (TPSA) is 68.9 Å². The summed E-state index contributed by atoms with van der Waals surface area (Å²) in [5.74, 6) is 1.41. The molecule has 0 aliphatic heterocycles. The number of hydrogen-bond donors (Lipinski definition) is 2. The number of aromatic amines is 1. The van der Waals surface area contributed by atoms with Crippen LogP contribution in [0.5, 0.6) is 5.75 Å². The first kappa shape index (κ1) is 10.8. The van der Waals surface area contributed by atoms with Gasteiger partial charge in [-0.05, 0) is 24.4 Å². The first-order valence-corrected chi connectivity index (χ1v) is 5.18. The van der Waals surface area contributed by atoms with Crippen LogP contribution in [0.25, 0.3) is 5.69 Å². The van der Waals surface area contributed by atoms with E-state index < -0.39 is 0 Å². The molecule has 0 spiro atoms. The third kappa shape index (κ3) is 1.72. The Balaban J connectivity index is 2.66. The van der Waals surface area contributed by atoms with Crippen molar-refractivity contribution in [2.45, 2.75) is 6.54 Å². The molecule has 0 unspecified atom stereocenters. The second-order valence-corrected chi connectivity index (χ2v) is 3.54. The Labute approximate surface area is 97.9 Å². The SMILES string of the molecule is COc1ccccc1-n1c(CN)n[nH]c1=S. The number of nitrogens with one attached hydrogen (secondary N) is 1. The van der Waals surface area contributed by atoms with Gasteiger partial charge in [-0.3, -0.25) is 9.67 Å². The van der Waals surface area contributed by atoms with Crippen LogP contribution < -0.4 is 10.5 Å². The van der Waals surface area contributed by atoms with E-state index >= 15 is 0 Å². The van der Waals surface area contributed by atoms with Gasteiger partial charge in [-0.15, -0.1) is 0 Å². The Morgan fingerprint density at radius 1 is 1.50 bits per heavy atom. The Kier molecular flexibility index (Phi) is 3.02. The molecule has 6 heteroatoms. The van der Waals surface area contributed by atoms with Gasteiger partial charge < -0.3 is 10.5 Å². The van der Waals surface area contributed by atoms with Crippen LogP contribution in [0, 0.1) is 4.77 Å². The van der Waals surface area contributed by atoms with Gasteiger partial charge in [-0.1, -0.05) is 12.1 Å². The summed E-state index contributed by atoms with van der Waals surface area (Å²) in [6, 6.07) is 7.58. The molecular weight excluding hydrogens is 224 g/mol. The van der Waals surface area contributed by atoms with Crippen LogP contribution in [0.15, 0.2) is 24.3 Å². The van der Waals surface area contributed by atoms with Crippen molar-refractivity contribution >= 4 is 12.2 Å². The lowest BCUT2D eigenvalue weighted by Crippen LogP contribution is -2.07. The second-order valence-electron chi connectivity index (χ2n) is 3.16. The fourth-order valence-corrected chi connectivity index (χ4v) is 1.78. The van der Waals surface area contributed by atoms with Crippen molar-refractivity contribution in [3.05, 3.63) is 34.9 Å². The number of methoxy groups -OCH3 is 1. The monoisotopic (exact) mass is 236 g/mol. The van der Waals surface area contributed by atoms with Crippen molar-refractivity contribution in [3.63, 3.8) is 0 Å². The summed E-state index contributed by atoms with van der Waals surface area (Å²) >= 11 is 5.16. The van der Waals surface area contributed by atoms with Gasteiger partial charge in [0.25, 0.3) is 0 Å². The number of para-hydroxylation sites is 2. The van der Waals surface area contributed by atoms with Gasteiger partial charge in [0, 0.05) is 0 Å². The van der Waals surface area contributed by atoms with Crippen molar-refractivity contribution in [1.82, 2.24) is 14.8 Å². The minimum Gasteiger partial charge on any atom is -0.495 e. The molecule has 0 amide bonds. The summed E-state index contributed by atoms with van der Waals surface area (Å²) in [5, 5.41) is 6.77. The molecule has 0 saturated heterocycles. The lowest BCUT2D eigenvalue weighted by atomic mass is 10.3. The third-order valence-corrected chi connectivity index (χ3v) is 2.52. The van der Waals surface area contributed by atoms with Crippen LogP contribution in [0.2, 0.25) is 0 Å². The van der Waals surface area contributed by atoms with Crippen LogP contribution in [0.3, 0.4) is 0 Å². The molecule has 84 valence electrons. The van der Waals surface area contributed by atoms with E-state index in [-0.39, 0.29) is 0 Å². The maximum atomic E-state index is 5.60. The highest BCUT2D eigenvalue weighted by Crippen LogP contribution is 2.23. The second kappa shape index (κ2) is 4.46. The zero-order valence-corrected chi connectivity index (χ0v) is 9.62. The van der Waals surface area contributed by atoms with E-state index in [1.165, 1.54) is 0 Å². The molecule has 3 N–H and O–H groups in total. The molecule has 2 aromatic rings. The van der Waals surface area contributed by atoms with E-state index in [0.717, 1.165) is 11.4 Å². The van der Waals surface area contributed by atoms with E-state index in [1.54, 1.807) is 11.7 Å². The number of rotatable bonds is 3. The minimum absolute atomic E-state index is 0.311. The van der Waals surface area contributed by atoms with Gasteiger partial charge in [-0.25, -0.2) is 0 Å². The summed E-state index contributed by atoms with van der Waals surface area (Å²) in [6.45, 7) is 0.311. The summed E-state index contributed by atoms with van der Waals surface area (Å²) < 4.78 is 7.55. The standard InChI is InChI=1S/C10H12N4OS/c1-15-8-5-3-2-4-7(8)14-9(6-11)12-13-10(14)16/h2-5H,6,11H2,1H3,(H,13,16). The molecule has 1 aromatic carbocycles. The Morgan fingerprint density at radius 2 is 2.25 bits per heavy atom. The number of aromatic nitrogens is 3. The van der Waals surface area contributed by atoms with Crippen molar-refractivity contribution in [1.29, 1.82) is 0 Å². The van der Waals surface area contributed by atoms with Gasteiger partial charge in [0.15, 0.2) is 4.77 Å². The van der Waals surface area contributed by atoms with Crippen LogP contribution >= 0.6 is 12.2 Å². The number of H-pyrrole nitrogens is 1. The molecule has 0 aliphatic rings. The van der Waals surface area contributed by atoms with Crippen molar-refractivity contribution in [2.24, 2.45) is 5.73 Å². The predicted molar refractivity (Wildman–Crippen MR) is 63.2 cm³/mol. The van der Waals surface area contributed by atoms with Crippen LogP contribution in [-0.2, 0) is 6.54 Å². The van der Waals surface area contributed by atoms with E-state index in [1.807, 2.05) is 24.3 Å².